The molecule has 0 spiro atoms. The summed E-state index contributed by atoms with van der Waals surface area (Å²) in [7, 11) is 0. The maximum Gasteiger partial charge on any atom is 0.235 e. The van der Waals surface area contributed by atoms with E-state index in [4.69, 9.17) is 0 Å². The van der Waals surface area contributed by atoms with Crippen LogP contribution in [0, 0.1) is 0 Å². The lowest BCUT2D eigenvalue weighted by Crippen LogP contribution is -2.35. The zero-order valence-electron chi connectivity index (χ0n) is 13.7. The van der Waals surface area contributed by atoms with Gasteiger partial charge in [0.05, 0.1) is 5.92 Å². The summed E-state index contributed by atoms with van der Waals surface area (Å²) >= 11 is 3.59. The van der Waals surface area contributed by atoms with Gasteiger partial charge in [0.1, 0.15) is 5.37 Å². The monoisotopic (exact) mass is 365 g/mol. The molecule has 1 aromatic heterocycles. The van der Waals surface area contributed by atoms with Gasteiger partial charge in [0.15, 0.2) is 0 Å². The SMILES string of the molecule is O=C(C(c1ccccc1)c1ccccc1)N1CCSC1c1cccs1. The van der Waals surface area contributed by atoms with Gasteiger partial charge in [0, 0.05) is 17.2 Å². The van der Waals surface area contributed by atoms with E-state index in [9.17, 15) is 4.79 Å². The highest BCUT2D eigenvalue weighted by atomic mass is 32.2. The topological polar surface area (TPSA) is 20.3 Å². The third-order valence-electron chi connectivity index (χ3n) is 4.47. The van der Waals surface area contributed by atoms with E-state index in [-0.39, 0.29) is 17.2 Å². The molecule has 1 fully saturated rings. The molecule has 1 aliphatic rings. The summed E-state index contributed by atoms with van der Waals surface area (Å²) < 4.78 is 0. The third-order valence-corrected chi connectivity index (χ3v) is 6.79. The molecule has 2 aromatic carbocycles. The van der Waals surface area contributed by atoms with Gasteiger partial charge in [-0.1, -0.05) is 66.7 Å². The van der Waals surface area contributed by atoms with Crippen LogP contribution in [0.4, 0.5) is 0 Å². The van der Waals surface area contributed by atoms with E-state index in [2.05, 4.69) is 46.7 Å². The van der Waals surface area contributed by atoms with Crippen LogP contribution in [0.3, 0.4) is 0 Å². The molecule has 2 nitrogen and oxygen atoms in total. The molecule has 3 aromatic rings. The molecule has 0 bridgehead atoms. The van der Waals surface area contributed by atoms with Gasteiger partial charge >= 0.3 is 0 Å². The van der Waals surface area contributed by atoms with Crippen molar-refractivity contribution < 1.29 is 4.79 Å². The summed E-state index contributed by atoms with van der Waals surface area (Å²) in [4.78, 5) is 16.9. The second kappa shape index (κ2) is 7.46. The minimum atomic E-state index is -0.247. The van der Waals surface area contributed by atoms with Crippen molar-refractivity contribution >= 4 is 29.0 Å². The zero-order valence-corrected chi connectivity index (χ0v) is 15.4. The Kier molecular flexibility index (Phi) is 4.90. The smallest absolute Gasteiger partial charge is 0.235 e. The first kappa shape index (κ1) is 16.4. The van der Waals surface area contributed by atoms with Crippen molar-refractivity contribution in [3.8, 4) is 0 Å². The molecule has 2 heterocycles. The van der Waals surface area contributed by atoms with Crippen molar-refractivity contribution in [3.63, 3.8) is 0 Å². The van der Waals surface area contributed by atoms with E-state index in [0.29, 0.717) is 0 Å². The van der Waals surface area contributed by atoms with Gasteiger partial charge in [-0.25, -0.2) is 0 Å². The van der Waals surface area contributed by atoms with E-state index < -0.39 is 0 Å². The number of rotatable bonds is 4. The maximum atomic E-state index is 13.6. The van der Waals surface area contributed by atoms with Crippen molar-refractivity contribution in [2.24, 2.45) is 0 Å². The minimum Gasteiger partial charge on any atom is -0.324 e. The Balaban J connectivity index is 1.71. The van der Waals surface area contributed by atoms with Gasteiger partial charge in [-0.2, -0.15) is 0 Å². The van der Waals surface area contributed by atoms with Crippen LogP contribution in [0.5, 0.6) is 0 Å². The molecule has 1 saturated heterocycles. The van der Waals surface area contributed by atoms with Crippen LogP contribution >= 0.6 is 23.1 Å². The van der Waals surface area contributed by atoms with Gasteiger partial charge in [-0.05, 0) is 22.6 Å². The highest BCUT2D eigenvalue weighted by Crippen LogP contribution is 2.42. The number of nitrogens with zero attached hydrogens (tertiary/aromatic N) is 1. The number of thioether (sulfide) groups is 1. The Hall–Kier alpha value is -2.04. The quantitative estimate of drug-likeness (QED) is 0.637. The Labute approximate surface area is 156 Å². The van der Waals surface area contributed by atoms with Gasteiger partial charge in [-0.3, -0.25) is 4.79 Å². The molecule has 0 aliphatic carbocycles. The van der Waals surface area contributed by atoms with E-state index in [1.165, 1.54) is 4.88 Å². The molecule has 0 saturated carbocycles. The predicted molar refractivity (Wildman–Crippen MR) is 106 cm³/mol. The van der Waals surface area contributed by atoms with Crippen molar-refractivity contribution in [1.29, 1.82) is 0 Å². The van der Waals surface area contributed by atoms with Gasteiger partial charge in [0.2, 0.25) is 5.91 Å². The third kappa shape index (κ3) is 3.37. The second-order valence-electron chi connectivity index (χ2n) is 6.02. The van der Waals surface area contributed by atoms with Crippen molar-refractivity contribution in [3.05, 3.63) is 94.2 Å². The van der Waals surface area contributed by atoms with Crippen LogP contribution in [-0.2, 0) is 4.79 Å². The van der Waals surface area contributed by atoms with Gasteiger partial charge in [0.25, 0.3) is 0 Å². The molecule has 25 heavy (non-hydrogen) atoms. The summed E-state index contributed by atoms with van der Waals surface area (Å²) in [6.07, 6.45) is 0. The zero-order chi connectivity index (χ0) is 17.1. The molecular formula is C21H19NOS2. The van der Waals surface area contributed by atoms with Crippen molar-refractivity contribution in [1.82, 2.24) is 4.90 Å². The molecule has 126 valence electrons. The average molecular weight is 366 g/mol. The molecule has 4 heteroatoms. The van der Waals surface area contributed by atoms with Crippen LogP contribution in [0.15, 0.2) is 78.2 Å². The molecule has 1 amide bonds. The molecule has 1 aliphatic heterocycles. The van der Waals surface area contributed by atoms with E-state index >= 15 is 0 Å². The average Bonchev–Trinajstić information content (AvgIpc) is 3.35. The lowest BCUT2D eigenvalue weighted by molar-refractivity contribution is -0.132. The van der Waals surface area contributed by atoms with E-state index in [1.54, 1.807) is 11.3 Å². The minimum absolute atomic E-state index is 0.141. The standard InChI is InChI=1S/C21H19NOS2/c23-20(22-13-15-25-21(22)18-12-7-14-24-18)19(16-8-3-1-4-9-16)17-10-5-2-6-11-17/h1-12,14,19,21H,13,15H2. The fourth-order valence-corrected chi connectivity index (χ4v) is 5.54. The summed E-state index contributed by atoms with van der Waals surface area (Å²) in [5, 5.41) is 2.23. The largest absolute Gasteiger partial charge is 0.324 e. The number of benzene rings is 2. The lowest BCUT2D eigenvalue weighted by atomic mass is 9.90. The maximum absolute atomic E-state index is 13.6. The Morgan fingerprint density at radius 3 is 2.12 bits per heavy atom. The van der Waals surface area contributed by atoms with Crippen molar-refractivity contribution in [2.45, 2.75) is 11.3 Å². The van der Waals surface area contributed by atoms with Gasteiger partial charge in [-0.15, -0.1) is 23.1 Å². The number of amides is 1. The Morgan fingerprint density at radius 1 is 0.920 bits per heavy atom. The summed E-state index contributed by atoms with van der Waals surface area (Å²) in [5.41, 5.74) is 2.11. The Morgan fingerprint density at radius 2 is 1.56 bits per heavy atom. The fourth-order valence-electron chi connectivity index (χ4n) is 3.30. The van der Waals surface area contributed by atoms with Crippen LogP contribution < -0.4 is 0 Å². The fraction of sp³-hybridized carbons (Fsp3) is 0.190. The first-order valence-corrected chi connectivity index (χ1v) is 10.3. The van der Waals surface area contributed by atoms with Crippen LogP contribution in [0.1, 0.15) is 27.3 Å². The number of thiophene rings is 1. The molecule has 1 unspecified atom stereocenters. The van der Waals surface area contributed by atoms with E-state index in [0.717, 1.165) is 23.4 Å². The first-order valence-electron chi connectivity index (χ1n) is 8.40. The normalized spacial score (nSPS) is 17.2. The number of carbonyl (C=O) groups is 1. The summed E-state index contributed by atoms with van der Waals surface area (Å²) in [5.74, 6) is 0.939. The first-order chi connectivity index (χ1) is 12.3. The van der Waals surface area contributed by atoms with E-state index in [1.807, 2.05) is 48.2 Å². The van der Waals surface area contributed by atoms with Crippen molar-refractivity contribution in [2.75, 3.05) is 12.3 Å². The Bertz CT molecular complexity index is 778. The lowest BCUT2D eigenvalue weighted by Gasteiger charge is -2.28. The molecule has 1 atom stereocenters. The molecule has 0 radical (unpaired) electrons. The highest BCUT2D eigenvalue weighted by Gasteiger charge is 2.36. The highest BCUT2D eigenvalue weighted by molar-refractivity contribution is 7.99. The predicted octanol–water partition coefficient (Wildman–Crippen LogP) is 5.15. The molecule has 4 rings (SSSR count). The summed E-state index contributed by atoms with van der Waals surface area (Å²) in [6.45, 7) is 0.808. The van der Waals surface area contributed by atoms with Crippen LogP contribution in [-0.4, -0.2) is 23.1 Å². The van der Waals surface area contributed by atoms with Crippen LogP contribution in [0.25, 0.3) is 0 Å². The number of carbonyl (C=O) groups excluding carboxylic acids is 1. The summed E-state index contributed by atoms with van der Waals surface area (Å²) in [6, 6.07) is 24.4. The molecule has 0 N–H and O–H groups in total. The van der Waals surface area contributed by atoms with Crippen LogP contribution in [0.2, 0.25) is 0 Å². The van der Waals surface area contributed by atoms with Gasteiger partial charge < -0.3 is 4.90 Å². The number of hydrogen-bond donors (Lipinski definition) is 0. The number of hydrogen-bond acceptors (Lipinski definition) is 3. The molecular weight excluding hydrogens is 346 g/mol. The second-order valence-corrected chi connectivity index (χ2v) is 8.19.